The van der Waals surface area contributed by atoms with E-state index in [4.69, 9.17) is 0 Å². The van der Waals surface area contributed by atoms with Gasteiger partial charge >= 0.3 is 0 Å². The number of benzene rings is 1. The molecule has 0 fully saturated rings. The first-order valence-corrected chi connectivity index (χ1v) is 5.44. The van der Waals surface area contributed by atoms with Crippen LogP contribution in [-0.2, 0) is 4.79 Å². The molecule has 1 aromatic rings. The SMILES string of the molecule is Cc1cccc(NC(=O)CCC(C)C)c1. The van der Waals surface area contributed by atoms with Crippen LogP contribution in [0.3, 0.4) is 0 Å². The number of hydrogen-bond donors (Lipinski definition) is 1. The molecule has 0 saturated heterocycles. The zero-order valence-corrected chi connectivity index (χ0v) is 9.71. The lowest BCUT2D eigenvalue weighted by Gasteiger charge is -2.07. The van der Waals surface area contributed by atoms with Crippen LogP contribution in [0, 0.1) is 12.8 Å². The second kappa shape index (κ2) is 5.54. The third kappa shape index (κ3) is 4.63. The van der Waals surface area contributed by atoms with E-state index in [1.165, 1.54) is 0 Å². The Hall–Kier alpha value is -1.31. The van der Waals surface area contributed by atoms with Crippen molar-refractivity contribution in [2.24, 2.45) is 5.92 Å². The molecular weight excluding hydrogens is 186 g/mol. The molecule has 0 bridgehead atoms. The van der Waals surface area contributed by atoms with Gasteiger partial charge in [0, 0.05) is 12.1 Å². The summed E-state index contributed by atoms with van der Waals surface area (Å²) >= 11 is 0. The molecule has 15 heavy (non-hydrogen) atoms. The van der Waals surface area contributed by atoms with Crippen LogP contribution in [0.25, 0.3) is 0 Å². The van der Waals surface area contributed by atoms with Crippen LogP contribution in [-0.4, -0.2) is 5.91 Å². The van der Waals surface area contributed by atoms with E-state index < -0.39 is 0 Å². The largest absolute Gasteiger partial charge is 0.326 e. The minimum Gasteiger partial charge on any atom is -0.326 e. The van der Waals surface area contributed by atoms with Crippen LogP contribution in [0.15, 0.2) is 24.3 Å². The smallest absolute Gasteiger partial charge is 0.224 e. The molecule has 0 saturated carbocycles. The van der Waals surface area contributed by atoms with Gasteiger partial charge in [-0.3, -0.25) is 4.79 Å². The summed E-state index contributed by atoms with van der Waals surface area (Å²) in [5, 5.41) is 2.90. The van der Waals surface area contributed by atoms with Crippen molar-refractivity contribution >= 4 is 11.6 Å². The monoisotopic (exact) mass is 205 g/mol. The minimum absolute atomic E-state index is 0.106. The van der Waals surface area contributed by atoms with Gasteiger partial charge in [0.25, 0.3) is 0 Å². The number of carbonyl (C=O) groups excluding carboxylic acids is 1. The maximum Gasteiger partial charge on any atom is 0.224 e. The molecule has 1 amide bonds. The van der Waals surface area contributed by atoms with E-state index in [1.54, 1.807) is 0 Å². The minimum atomic E-state index is 0.106. The van der Waals surface area contributed by atoms with Gasteiger partial charge in [-0.05, 0) is 37.0 Å². The Morgan fingerprint density at radius 1 is 1.40 bits per heavy atom. The van der Waals surface area contributed by atoms with Gasteiger partial charge in [0.1, 0.15) is 0 Å². The molecule has 0 unspecified atom stereocenters. The lowest BCUT2D eigenvalue weighted by atomic mass is 10.1. The second-order valence-corrected chi connectivity index (χ2v) is 4.35. The molecule has 1 rings (SSSR count). The molecule has 2 nitrogen and oxygen atoms in total. The van der Waals surface area contributed by atoms with Crippen molar-refractivity contribution < 1.29 is 4.79 Å². The summed E-state index contributed by atoms with van der Waals surface area (Å²) in [4.78, 5) is 11.5. The summed E-state index contributed by atoms with van der Waals surface area (Å²) in [5.74, 6) is 0.683. The number of carbonyl (C=O) groups is 1. The Labute approximate surface area is 91.7 Å². The fourth-order valence-corrected chi connectivity index (χ4v) is 1.37. The van der Waals surface area contributed by atoms with Crippen LogP contribution in [0.5, 0.6) is 0 Å². The van der Waals surface area contributed by atoms with Gasteiger partial charge in [-0.1, -0.05) is 26.0 Å². The molecule has 0 radical (unpaired) electrons. The van der Waals surface area contributed by atoms with Crippen molar-refractivity contribution in [3.05, 3.63) is 29.8 Å². The maximum absolute atomic E-state index is 11.5. The van der Waals surface area contributed by atoms with E-state index >= 15 is 0 Å². The van der Waals surface area contributed by atoms with Gasteiger partial charge in [-0.15, -0.1) is 0 Å². The fourth-order valence-electron chi connectivity index (χ4n) is 1.37. The molecule has 0 spiro atoms. The van der Waals surface area contributed by atoms with Gasteiger partial charge in [0.05, 0.1) is 0 Å². The Kier molecular flexibility index (Phi) is 4.35. The summed E-state index contributed by atoms with van der Waals surface area (Å²) in [6.07, 6.45) is 1.54. The van der Waals surface area contributed by atoms with Crippen LogP contribution in [0.1, 0.15) is 32.3 Å². The van der Waals surface area contributed by atoms with Gasteiger partial charge in [-0.25, -0.2) is 0 Å². The number of anilines is 1. The van der Waals surface area contributed by atoms with E-state index in [2.05, 4.69) is 19.2 Å². The molecule has 2 heteroatoms. The summed E-state index contributed by atoms with van der Waals surface area (Å²) in [7, 11) is 0. The van der Waals surface area contributed by atoms with E-state index in [-0.39, 0.29) is 5.91 Å². The number of rotatable bonds is 4. The molecule has 0 atom stereocenters. The highest BCUT2D eigenvalue weighted by Gasteiger charge is 2.03. The lowest BCUT2D eigenvalue weighted by Crippen LogP contribution is -2.12. The first kappa shape index (κ1) is 11.8. The van der Waals surface area contributed by atoms with Gasteiger partial charge in [-0.2, -0.15) is 0 Å². The molecule has 82 valence electrons. The highest BCUT2D eigenvalue weighted by Crippen LogP contribution is 2.11. The van der Waals surface area contributed by atoms with E-state index in [0.29, 0.717) is 12.3 Å². The quantitative estimate of drug-likeness (QED) is 0.802. The zero-order chi connectivity index (χ0) is 11.3. The van der Waals surface area contributed by atoms with Crippen LogP contribution in [0.4, 0.5) is 5.69 Å². The predicted octanol–water partition coefficient (Wildman–Crippen LogP) is 3.37. The van der Waals surface area contributed by atoms with Crippen molar-refractivity contribution in [1.82, 2.24) is 0 Å². The van der Waals surface area contributed by atoms with E-state index in [1.807, 2.05) is 31.2 Å². The number of aryl methyl sites for hydroxylation is 1. The third-order valence-electron chi connectivity index (χ3n) is 2.25. The Morgan fingerprint density at radius 2 is 2.13 bits per heavy atom. The highest BCUT2D eigenvalue weighted by atomic mass is 16.1. The first-order chi connectivity index (χ1) is 7.08. The second-order valence-electron chi connectivity index (χ2n) is 4.35. The summed E-state index contributed by atoms with van der Waals surface area (Å²) in [6.45, 7) is 6.27. The number of nitrogens with one attached hydrogen (secondary N) is 1. The summed E-state index contributed by atoms with van der Waals surface area (Å²) < 4.78 is 0. The highest BCUT2D eigenvalue weighted by molar-refractivity contribution is 5.90. The van der Waals surface area contributed by atoms with Crippen molar-refractivity contribution in [2.45, 2.75) is 33.6 Å². The Balaban J connectivity index is 2.44. The average Bonchev–Trinajstić information content (AvgIpc) is 2.15. The van der Waals surface area contributed by atoms with Crippen molar-refractivity contribution in [1.29, 1.82) is 0 Å². The van der Waals surface area contributed by atoms with Crippen molar-refractivity contribution in [2.75, 3.05) is 5.32 Å². The fraction of sp³-hybridized carbons (Fsp3) is 0.462. The van der Waals surface area contributed by atoms with E-state index in [0.717, 1.165) is 17.7 Å². The Morgan fingerprint density at radius 3 is 2.73 bits per heavy atom. The predicted molar refractivity (Wildman–Crippen MR) is 63.9 cm³/mol. The maximum atomic E-state index is 11.5. The number of hydrogen-bond acceptors (Lipinski definition) is 1. The average molecular weight is 205 g/mol. The van der Waals surface area contributed by atoms with Gasteiger partial charge in [0.15, 0.2) is 0 Å². The number of amides is 1. The van der Waals surface area contributed by atoms with Gasteiger partial charge in [0.2, 0.25) is 5.91 Å². The molecule has 0 aliphatic carbocycles. The van der Waals surface area contributed by atoms with Crippen LogP contribution < -0.4 is 5.32 Å². The zero-order valence-electron chi connectivity index (χ0n) is 9.71. The third-order valence-corrected chi connectivity index (χ3v) is 2.25. The molecule has 1 N–H and O–H groups in total. The topological polar surface area (TPSA) is 29.1 Å². The van der Waals surface area contributed by atoms with E-state index in [9.17, 15) is 4.79 Å². The molecule has 0 aromatic heterocycles. The standard InChI is InChI=1S/C13H19NO/c1-10(2)7-8-13(15)14-12-6-4-5-11(3)9-12/h4-6,9-10H,7-8H2,1-3H3,(H,14,15). The van der Waals surface area contributed by atoms with Crippen molar-refractivity contribution in [3.63, 3.8) is 0 Å². The van der Waals surface area contributed by atoms with Crippen molar-refractivity contribution in [3.8, 4) is 0 Å². The summed E-state index contributed by atoms with van der Waals surface area (Å²) in [6, 6.07) is 7.87. The first-order valence-electron chi connectivity index (χ1n) is 5.44. The molecular formula is C13H19NO. The molecule has 1 aromatic carbocycles. The van der Waals surface area contributed by atoms with Gasteiger partial charge < -0.3 is 5.32 Å². The molecule has 0 aliphatic heterocycles. The van der Waals surface area contributed by atoms with Crippen LogP contribution in [0.2, 0.25) is 0 Å². The normalized spacial score (nSPS) is 10.4. The molecule has 0 aliphatic rings. The Bertz CT molecular complexity index is 331. The van der Waals surface area contributed by atoms with Crippen LogP contribution >= 0.6 is 0 Å². The summed E-state index contributed by atoms with van der Waals surface area (Å²) in [5.41, 5.74) is 2.06. The molecule has 0 heterocycles. The lowest BCUT2D eigenvalue weighted by molar-refractivity contribution is -0.116.